The number of carboxylic acid groups (broad SMARTS) is 1. The van der Waals surface area contributed by atoms with Gasteiger partial charge in [-0.15, -0.1) is 0 Å². The molecule has 0 unspecified atom stereocenters. The highest BCUT2D eigenvalue weighted by Crippen LogP contribution is 2.26. The molecule has 2 aromatic rings. The first kappa shape index (κ1) is 12.4. The van der Waals surface area contributed by atoms with Crippen molar-refractivity contribution in [3.63, 3.8) is 0 Å². The van der Waals surface area contributed by atoms with Gasteiger partial charge in [0.1, 0.15) is 5.75 Å². The number of benzene rings is 1. The third-order valence-corrected chi connectivity index (χ3v) is 2.70. The molecule has 0 saturated heterocycles. The molecule has 18 heavy (non-hydrogen) atoms. The lowest BCUT2D eigenvalue weighted by atomic mass is 10.3. The molecule has 1 heterocycles. The molecule has 0 atom stereocenters. The zero-order valence-corrected chi connectivity index (χ0v) is 10.4. The van der Waals surface area contributed by atoms with Gasteiger partial charge in [0.15, 0.2) is 0 Å². The number of aliphatic carboxylic acids is 1. The molecule has 1 aromatic heterocycles. The number of hydrogen-bond donors (Lipinski definition) is 1. The predicted octanol–water partition coefficient (Wildman–Crippen LogP) is 2.16. The van der Waals surface area contributed by atoms with E-state index >= 15 is 0 Å². The van der Waals surface area contributed by atoms with Crippen molar-refractivity contribution in [2.75, 3.05) is 7.11 Å². The Balaban J connectivity index is 2.28. The largest absolute Gasteiger partial charge is 0.495 e. The van der Waals surface area contributed by atoms with E-state index in [0.717, 1.165) is 5.69 Å². The van der Waals surface area contributed by atoms with Crippen LogP contribution in [0.5, 0.6) is 5.75 Å². The van der Waals surface area contributed by atoms with E-state index in [-0.39, 0.29) is 6.42 Å². The zero-order chi connectivity index (χ0) is 13.1. The maximum atomic E-state index is 10.6. The van der Waals surface area contributed by atoms with Crippen LogP contribution in [-0.4, -0.2) is 27.7 Å². The summed E-state index contributed by atoms with van der Waals surface area (Å²) in [6, 6.07) is 5.29. The molecule has 94 valence electrons. The highest BCUT2D eigenvalue weighted by molar-refractivity contribution is 6.32. The van der Waals surface area contributed by atoms with Crippen LogP contribution in [0.2, 0.25) is 5.02 Å². The van der Waals surface area contributed by atoms with Crippen molar-refractivity contribution >= 4 is 17.6 Å². The maximum Gasteiger partial charge on any atom is 0.309 e. The summed E-state index contributed by atoms with van der Waals surface area (Å²) in [6.45, 7) is 0. The van der Waals surface area contributed by atoms with Gasteiger partial charge in [-0.25, -0.2) is 4.98 Å². The van der Waals surface area contributed by atoms with Crippen LogP contribution in [0.1, 0.15) is 5.69 Å². The van der Waals surface area contributed by atoms with Crippen LogP contribution in [0.15, 0.2) is 30.7 Å². The van der Waals surface area contributed by atoms with Gasteiger partial charge in [0.25, 0.3) is 0 Å². The Morgan fingerprint density at radius 1 is 1.56 bits per heavy atom. The fourth-order valence-corrected chi connectivity index (χ4v) is 1.82. The number of nitrogens with zero attached hydrogens (tertiary/aromatic N) is 2. The minimum absolute atomic E-state index is 0.100. The molecule has 0 spiro atoms. The first-order valence-electron chi connectivity index (χ1n) is 5.18. The predicted molar refractivity (Wildman–Crippen MR) is 66.5 cm³/mol. The molecule has 6 heteroatoms. The molecule has 0 amide bonds. The molecular weight excluding hydrogens is 256 g/mol. The van der Waals surface area contributed by atoms with E-state index in [1.54, 1.807) is 36.3 Å². The Bertz CT molecular complexity index is 580. The molecule has 2 rings (SSSR count). The van der Waals surface area contributed by atoms with Crippen LogP contribution < -0.4 is 4.74 Å². The number of hydrogen-bond acceptors (Lipinski definition) is 3. The van der Waals surface area contributed by atoms with Crippen molar-refractivity contribution in [3.8, 4) is 11.4 Å². The molecule has 0 fully saturated rings. The first-order chi connectivity index (χ1) is 8.60. The second-order valence-corrected chi connectivity index (χ2v) is 4.07. The van der Waals surface area contributed by atoms with Crippen LogP contribution in [0.3, 0.4) is 0 Å². The average Bonchev–Trinajstić information content (AvgIpc) is 2.76. The zero-order valence-electron chi connectivity index (χ0n) is 9.63. The van der Waals surface area contributed by atoms with Gasteiger partial charge in [0.05, 0.1) is 30.6 Å². The third-order valence-electron chi connectivity index (χ3n) is 2.40. The standard InChI is InChI=1S/C12H11ClN2O3/c1-18-11-3-2-9(5-10(11)13)15-6-8(14-7-15)4-12(16)17/h2-3,5-7H,4H2,1H3,(H,16,17). The van der Waals surface area contributed by atoms with E-state index in [1.165, 1.54) is 0 Å². The molecule has 0 bridgehead atoms. The van der Waals surface area contributed by atoms with Gasteiger partial charge in [0, 0.05) is 11.9 Å². The number of methoxy groups -OCH3 is 1. The lowest BCUT2D eigenvalue weighted by Gasteiger charge is -2.06. The SMILES string of the molecule is COc1ccc(-n2cnc(CC(=O)O)c2)cc1Cl. The van der Waals surface area contributed by atoms with Crippen LogP contribution in [0, 0.1) is 0 Å². The summed E-state index contributed by atoms with van der Waals surface area (Å²) in [5, 5.41) is 9.16. The van der Waals surface area contributed by atoms with Crippen molar-refractivity contribution in [3.05, 3.63) is 41.4 Å². The number of rotatable bonds is 4. The average molecular weight is 267 g/mol. The van der Waals surface area contributed by atoms with E-state index < -0.39 is 5.97 Å². The molecule has 1 N–H and O–H groups in total. The number of imidazole rings is 1. The van der Waals surface area contributed by atoms with Gasteiger partial charge in [0.2, 0.25) is 0 Å². The Morgan fingerprint density at radius 3 is 2.94 bits per heavy atom. The van der Waals surface area contributed by atoms with Crippen LogP contribution >= 0.6 is 11.6 Å². The Labute approximate surface area is 109 Å². The van der Waals surface area contributed by atoms with Crippen LogP contribution in [0.25, 0.3) is 5.69 Å². The Morgan fingerprint density at radius 2 is 2.33 bits per heavy atom. The van der Waals surface area contributed by atoms with Crippen molar-refractivity contribution in [2.24, 2.45) is 0 Å². The van der Waals surface area contributed by atoms with Crippen molar-refractivity contribution in [2.45, 2.75) is 6.42 Å². The van der Waals surface area contributed by atoms with Gasteiger partial charge >= 0.3 is 5.97 Å². The molecule has 0 saturated carbocycles. The summed E-state index contributed by atoms with van der Waals surface area (Å²) in [4.78, 5) is 14.6. The van der Waals surface area contributed by atoms with Crippen LogP contribution in [0.4, 0.5) is 0 Å². The number of ether oxygens (including phenoxy) is 1. The molecule has 5 nitrogen and oxygen atoms in total. The van der Waals surface area contributed by atoms with Gasteiger partial charge in [-0.3, -0.25) is 4.79 Å². The fourth-order valence-electron chi connectivity index (χ4n) is 1.57. The second-order valence-electron chi connectivity index (χ2n) is 3.66. The molecule has 0 aliphatic rings. The highest BCUT2D eigenvalue weighted by atomic mass is 35.5. The van der Waals surface area contributed by atoms with E-state index in [9.17, 15) is 4.79 Å². The Hall–Kier alpha value is -2.01. The number of halogens is 1. The van der Waals surface area contributed by atoms with Crippen molar-refractivity contribution < 1.29 is 14.6 Å². The van der Waals surface area contributed by atoms with E-state index in [1.807, 2.05) is 6.07 Å². The smallest absolute Gasteiger partial charge is 0.309 e. The molecule has 1 aromatic carbocycles. The summed E-state index contributed by atoms with van der Waals surface area (Å²) in [7, 11) is 1.54. The van der Waals surface area contributed by atoms with E-state index in [2.05, 4.69) is 4.98 Å². The Kier molecular flexibility index (Phi) is 3.53. The third kappa shape index (κ3) is 2.62. The normalized spacial score (nSPS) is 10.3. The summed E-state index contributed by atoms with van der Waals surface area (Å²) in [5.41, 5.74) is 1.29. The lowest BCUT2D eigenvalue weighted by molar-refractivity contribution is -0.136. The van der Waals surface area contributed by atoms with E-state index in [0.29, 0.717) is 16.5 Å². The quantitative estimate of drug-likeness (QED) is 0.921. The van der Waals surface area contributed by atoms with Crippen molar-refractivity contribution in [1.82, 2.24) is 9.55 Å². The number of carbonyl (C=O) groups is 1. The number of carboxylic acids is 1. The maximum absolute atomic E-state index is 10.6. The monoisotopic (exact) mass is 266 g/mol. The van der Waals surface area contributed by atoms with Crippen LogP contribution in [-0.2, 0) is 11.2 Å². The molecule has 0 aliphatic heterocycles. The highest BCUT2D eigenvalue weighted by Gasteiger charge is 2.07. The summed E-state index contributed by atoms with van der Waals surface area (Å²) in [6.07, 6.45) is 3.11. The van der Waals surface area contributed by atoms with Gasteiger partial charge in [-0.2, -0.15) is 0 Å². The van der Waals surface area contributed by atoms with Gasteiger partial charge in [-0.05, 0) is 18.2 Å². The van der Waals surface area contributed by atoms with E-state index in [4.69, 9.17) is 21.4 Å². The van der Waals surface area contributed by atoms with Crippen molar-refractivity contribution in [1.29, 1.82) is 0 Å². The van der Waals surface area contributed by atoms with Gasteiger partial charge in [-0.1, -0.05) is 11.6 Å². The summed E-state index contributed by atoms with van der Waals surface area (Å²) in [5.74, 6) is -0.320. The molecular formula is C12H11ClN2O3. The minimum Gasteiger partial charge on any atom is -0.495 e. The topological polar surface area (TPSA) is 64.4 Å². The molecule has 0 aliphatic carbocycles. The molecule has 0 radical (unpaired) electrons. The van der Waals surface area contributed by atoms with Gasteiger partial charge < -0.3 is 14.4 Å². The lowest BCUT2D eigenvalue weighted by Crippen LogP contribution is -1.99. The summed E-state index contributed by atoms with van der Waals surface area (Å²) >= 11 is 6.02. The number of aromatic nitrogens is 2. The second kappa shape index (κ2) is 5.10. The first-order valence-corrected chi connectivity index (χ1v) is 5.56. The summed E-state index contributed by atoms with van der Waals surface area (Å²) < 4.78 is 6.77. The minimum atomic E-state index is -0.909. The fraction of sp³-hybridized carbons (Fsp3) is 0.167.